The van der Waals surface area contributed by atoms with E-state index in [4.69, 9.17) is 5.11 Å². The Balaban J connectivity index is 2.02. The average molecular weight is 275 g/mol. The van der Waals surface area contributed by atoms with Crippen molar-refractivity contribution in [1.29, 1.82) is 0 Å². The lowest BCUT2D eigenvalue weighted by Crippen LogP contribution is -2.49. The summed E-state index contributed by atoms with van der Waals surface area (Å²) in [6, 6.07) is -0.416. The van der Waals surface area contributed by atoms with Gasteiger partial charge in [-0.2, -0.15) is 4.31 Å². The molecule has 2 atom stereocenters. The normalized spacial score (nSPS) is 30.3. The lowest BCUT2D eigenvalue weighted by molar-refractivity contribution is -0.144. The summed E-state index contributed by atoms with van der Waals surface area (Å²) < 4.78 is 25.9. The van der Waals surface area contributed by atoms with Gasteiger partial charge in [-0.15, -0.1) is 0 Å². The van der Waals surface area contributed by atoms with Crippen LogP contribution in [0.25, 0.3) is 0 Å². The second-order valence-electron chi connectivity index (χ2n) is 5.49. The van der Waals surface area contributed by atoms with Crippen molar-refractivity contribution in [1.82, 2.24) is 4.31 Å². The molecule has 0 aromatic heterocycles. The maximum Gasteiger partial charge on any atom is 0.308 e. The predicted octanol–water partition coefficient (Wildman–Crippen LogP) is 1.30. The standard InChI is InChI=1S/C12H21NO4S/c1-9-11(12(14)15)3-2-7-13(9)18(16,17)8-6-10-4-5-10/h9-11H,2-8H2,1H3,(H,14,15)/t9-,11-/m1/s1. The SMILES string of the molecule is C[C@@H]1[C@H](C(=O)O)CCCN1S(=O)(=O)CCC1CC1. The highest BCUT2D eigenvalue weighted by Gasteiger charge is 2.39. The van der Waals surface area contributed by atoms with Crippen molar-refractivity contribution in [2.75, 3.05) is 12.3 Å². The summed E-state index contributed by atoms with van der Waals surface area (Å²) >= 11 is 0. The molecule has 0 amide bonds. The third-order valence-electron chi connectivity index (χ3n) is 4.09. The first-order valence-corrected chi connectivity index (χ1v) is 8.25. The van der Waals surface area contributed by atoms with Gasteiger partial charge in [0.15, 0.2) is 0 Å². The van der Waals surface area contributed by atoms with Crippen molar-refractivity contribution < 1.29 is 18.3 Å². The number of sulfonamides is 1. The van der Waals surface area contributed by atoms with Crippen LogP contribution in [0.3, 0.4) is 0 Å². The molecule has 1 heterocycles. The van der Waals surface area contributed by atoms with Crippen LogP contribution < -0.4 is 0 Å². The summed E-state index contributed by atoms with van der Waals surface area (Å²) in [6.45, 7) is 2.19. The zero-order chi connectivity index (χ0) is 13.3. The van der Waals surface area contributed by atoms with E-state index in [1.807, 2.05) is 0 Å². The van der Waals surface area contributed by atoms with Gasteiger partial charge in [-0.1, -0.05) is 12.8 Å². The highest BCUT2D eigenvalue weighted by molar-refractivity contribution is 7.89. The van der Waals surface area contributed by atoms with Crippen molar-refractivity contribution >= 4 is 16.0 Å². The summed E-state index contributed by atoms with van der Waals surface area (Å²) in [4.78, 5) is 11.1. The maximum atomic E-state index is 12.2. The van der Waals surface area contributed by atoms with Crippen LogP contribution in [-0.2, 0) is 14.8 Å². The molecule has 0 aromatic rings. The zero-order valence-electron chi connectivity index (χ0n) is 10.7. The van der Waals surface area contributed by atoms with Crippen LogP contribution >= 0.6 is 0 Å². The maximum absolute atomic E-state index is 12.2. The van der Waals surface area contributed by atoms with Crippen molar-refractivity contribution in [2.45, 2.75) is 45.1 Å². The average Bonchev–Trinajstić information content (AvgIpc) is 3.10. The summed E-state index contributed by atoms with van der Waals surface area (Å²) in [5.41, 5.74) is 0. The van der Waals surface area contributed by atoms with E-state index in [0.717, 1.165) is 19.3 Å². The quantitative estimate of drug-likeness (QED) is 0.820. The number of carbonyl (C=O) groups is 1. The van der Waals surface area contributed by atoms with E-state index in [0.29, 0.717) is 25.3 Å². The van der Waals surface area contributed by atoms with E-state index in [1.54, 1.807) is 6.92 Å². The van der Waals surface area contributed by atoms with Gasteiger partial charge >= 0.3 is 5.97 Å². The largest absolute Gasteiger partial charge is 0.481 e. The molecule has 0 spiro atoms. The first-order chi connectivity index (χ1) is 8.42. The summed E-state index contributed by atoms with van der Waals surface area (Å²) in [6.07, 6.45) is 4.23. The summed E-state index contributed by atoms with van der Waals surface area (Å²) in [7, 11) is -3.28. The molecule has 0 aromatic carbocycles. The predicted molar refractivity (Wildman–Crippen MR) is 67.7 cm³/mol. The fourth-order valence-corrected chi connectivity index (χ4v) is 4.60. The molecule has 1 saturated carbocycles. The molecule has 1 saturated heterocycles. The minimum absolute atomic E-state index is 0.175. The van der Waals surface area contributed by atoms with E-state index in [1.165, 1.54) is 4.31 Å². The number of rotatable bonds is 5. The van der Waals surface area contributed by atoms with Crippen molar-refractivity contribution in [3.63, 3.8) is 0 Å². The van der Waals surface area contributed by atoms with E-state index in [9.17, 15) is 13.2 Å². The van der Waals surface area contributed by atoms with Crippen molar-refractivity contribution in [3.8, 4) is 0 Å². The first kappa shape index (κ1) is 13.8. The zero-order valence-corrected chi connectivity index (χ0v) is 11.5. The third kappa shape index (κ3) is 3.03. The number of aliphatic carboxylic acids is 1. The Morgan fingerprint density at radius 3 is 2.56 bits per heavy atom. The van der Waals surface area contributed by atoms with Crippen LogP contribution in [0.5, 0.6) is 0 Å². The minimum atomic E-state index is -3.28. The van der Waals surface area contributed by atoms with Gasteiger partial charge in [-0.3, -0.25) is 4.79 Å². The molecule has 0 unspecified atom stereocenters. The molecule has 0 radical (unpaired) electrons. The molecular formula is C12H21NO4S. The Morgan fingerprint density at radius 1 is 1.33 bits per heavy atom. The Labute approximate surface area is 108 Å². The van der Waals surface area contributed by atoms with Crippen molar-refractivity contribution in [3.05, 3.63) is 0 Å². The molecule has 5 nitrogen and oxygen atoms in total. The topological polar surface area (TPSA) is 74.7 Å². The molecule has 1 aliphatic heterocycles. The molecule has 2 aliphatic rings. The lowest BCUT2D eigenvalue weighted by atomic mass is 9.92. The molecule has 2 rings (SSSR count). The second kappa shape index (κ2) is 5.17. The van der Waals surface area contributed by atoms with Crippen molar-refractivity contribution in [2.24, 2.45) is 11.8 Å². The van der Waals surface area contributed by atoms with Crippen LogP contribution in [0.15, 0.2) is 0 Å². The molecule has 18 heavy (non-hydrogen) atoms. The monoisotopic (exact) mass is 275 g/mol. The van der Waals surface area contributed by atoms with E-state index in [2.05, 4.69) is 0 Å². The van der Waals surface area contributed by atoms with Crippen LogP contribution in [0, 0.1) is 11.8 Å². The van der Waals surface area contributed by atoms with E-state index in [-0.39, 0.29) is 5.75 Å². The van der Waals surface area contributed by atoms with Crippen LogP contribution in [0.1, 0.15) is 39.0 Å². The number of carboxylic acids is 1. The van der Waals surface area contributed by atoms with Gasteiger partial charge in [-0.05, 0) is 32.1 Å². The molecular weight excluding hydrogens is 254 g/mol. The molecule has 1 N–H and O–H groups in total. The number of hydrogen-bond donors (Lipinski definition) is 1. The molecule has 0 bridgehead atoms. The Bertz CT molecular complexity index is 416. The summed E-state index contributed by atoms with van der Waals surface area (Å²) in [5, 5.41) is 9.10. The molecule has 6 heteroatoms. The minimum Gasteiger partial charge on any atom is -0.481 e. The van der Waals surface area contributed by atoms with Gasteiger partial charge in [0.2, 0.25) is 10.0 Å². The highest BCUT2D eigenvalue weighted by atomic mass is 32.2. The summed E-state index contributed by atoms with van der Waals surface area (Å²) in [5.74, 6) is -0.692. The van der Waals surface area contributed by atoms with Gasteiger partial charge < -0.3 is 5.11 Å². The first-order valence-electron chi connectivity index (χ1n) is 6.64. The van der Waals surface area contributed by atoms with Gasteiger partial charge in [0.1, 0.15) is 0 Å². The Kier molecular flexibility index (Phi) is 3.96. The van der Waals surface area contributed by atoms with E-state index < -0.39 is 28.0 Å². The number of hydrogen-bond acceptors (Lipinski definition) is 3. The third-order valence-corrected chi connectivity index (χ3v) is 6.07. The molecule has 2 fully saturated rings. The smallest absolute Gasteiger partial charge is 0.308 e. The van der Waals surface area contributed by atoms with E-state index >= 15 is 0 Å². The second-order valence-corrected chi connectivity index (χ2v) is 7.53. The number of piperidine rings is 1. The number of carboxylic acid groups (broad SMARTS) is 1. The van der Waals surface area contributed by atoms with Crippen LogP contribution in [0.4, 0.5) is 0 Å². The van der Waals surface area contributed by atoms with Gasteiger partial charge in [-0.25, -0.2) is 8.42 Å². The Hall–Kier alpha value is -0.620. The molecule has 104 valence electrons. The fraction of sp³-hybridized carbons (Fsp3) is 0.917. The Morgan fingerprint density at radius 2 is 2.00 bits per heavy atom. The fourth-order valence-electron chi connectivity index (χ4n) is 2.67. The number of nitrogens with zero attached hydrogens (tertiary/aromatic N) is 1. The molecule has 1 aliphatic carbocycles. The lowest BCUT2D eigenvalue weighted by Gasteiger charge is -2.36. The van der Waals surface area contributed by atoms with Crippen LogP contribution in [-0.4, -0.2) is 42.1 Å². The van der Waals surface area contributed by atoms with Crippen LogP contribution in [0.2, 0.25) is 0 Å². The van der Waals surface area contributed by atoms with Gasteiger partial charge in [0.25, 0.3) is 0 Å². The van der Waals surface area contributed by atoms with Gasteiger partial charge in [0, 0.05) is 12.6 Å². The highest BCUT2D eigenvalue weighted by Crippen LogP contribution is 2.34. The van der Waals surface area contributed by atoms with Gasteiger partial charge in [0.05, 0.1) is 11.7 Å².